The molecule has 2 N–H and O–H groups in total. The highest BCUT2D eigenvalue weighted by Gasteiger charge is 2.39. The Morgan fingerprint density at radius 1 is 1.10 bits per heavy atom. The summed E-state index contributed by atoms with van der Waals surface area (Å²) in [6.45, 7) is 4.26. The van der Waals surface area contributed by atoms with Crippen molar-refractivity contribution in [1.82, 2.24) is 15.2 Å². The summed E-state index contributed by atoms with van der Waals surface area (Å²) in [6.07, 6.45) is 6.35. The molecule has 1 aliphatic heterocycles. The van der Waals surface area contributed by atoms with E-state index in [-0.39, 0.29) is 30.4 Å². The van der Waals surface area contributed by atoms with Crippen LogP contribution in [-0.4, -0.2) is 34.3 Å². The zero-order chi connectivity index (χ0) is 21.1. The number of aromatic amines is 1. The minimum Gasteiger partial charge on any atom is -0.361 e. The number of benzene rings is 2. The lowest BCUT2D eigenvalue weighted by Crippen LogP contribution is -2.42. The SMILES string of the molecule is CCCCCC(C)NC(=O)CN1C(=O)c2ccccc2C1c1c[nH]c2ccccc12. The van der Waals surface area contributed by atoms with Crippen molar-refractivity contribution < 1.29 is 9.59 Å². The summed E-state index contributed by atoms with van der Waals surface area (Å²) in [6, 6.07) is 15.6. The molecule has 1 aromatic heterocycles. The normalized spacial score (nSPS) is 16.7. The van der Waals surface area contributed by atoms with Gasteiger partial charge >= 0.3 is 0 Å². The summed E-state index contributed by atoms with van der Waals surface area (Å²) in [5, 5.41) is 4.15. The molecule has 2 atom stereocenters. The lowest BCUT2D eigenvalue weighted by Gasteiger charge is -2.26. The number of carbonyl (C=O) groups excluding carboxylic acids is 2. The van der Waals surface area contributed by atoms with Gasteiger partial charge in [0.1, 0.15) is 6.54 Å². The van der Waals surface area contributed by atoms with Crippen LogP contribution < -0.4 is 5.32 Å². The molecule has 2 aromatic carbocycles. The zero-order valence-electron chi connectivity index (χ0n) is 17.7. The maximum absolute atomic E-state index is 13.2. The van der Waals surface area contributed by atoms with Crippen LogP contribution >= 0.6 is 0 Å². The second kappa shape index (κ2) is 8.74. The molecule has 0 saturated heterocycles. The fourth-order valence-corrected chi connectivity index (χ4v) is 4.44. The van der Waals surface area contributed by atoms with Crippen LogP contribution in [0.3, 0.4) is 0 Å². The van der Waals surface area contributed by atoms with Gasteiger partial charge in [-0.1, -0.05) is 62.6 Å². The number of aromatic nitrogens is 1. The quantitative estimate of drug-likeness (QED) is 0.531. The number of nitrogens with one attached hydrogen (secondary N) is 2. The number of fused-ring (bicyclic) bond motifs is 2. The van der Waals surface area contributed by atoms with Crippen LogP contribution in [0.25, 0.3) is 10.9 Å². The first-order valence-corrected chi connectivity index (χ1v) is 10.9. The molecule has 2 unspecified atom stereocenters. The van der Waals surface area contributed by atoms with Gasteiger partial charge in [0.05, 0.1) is 6.04 Å². The van der Waals surface area contributed by atoms with E-state index in [1.807, 2.05) is 55.6 Å². The van der Waals surface area contributed by atoms with E-state index in [4.69, 9.17) is 0 Å². The lowest BCUT2D eigenvalue weighted by molar-refractivity contribution is -0.122. The molecule has 2 heterocycles. The van der Waals surface area contributed by atoms with Crippen molar-refractivity contribution in [2.24, 2.45) is 0 Å². The Balaban J connectivity index is 1.60. The number of rotatable bonds is 8. The smallest absolute Gasteiger partial charge is 0.255 e. The van der Waals surface area contributed by atoms with Gasteiger partial charge in [0.2, 0.25) is 5.91 Å². The van der Waals surface area contributed by atoms with Crippen LogP contribution in [0, 0.1) is 0 Å². The Hall–Kier alpha value is -3.08. The fraction of sp³-hybridized carbons (Fsp3) is 0.360. The minimum absolute atomic E-state index is 0.0514. The topological polar surface area (TPSA) is 65.2 Å². The molecule has 1 aliphatic rings. The maximum Gasteiger partial charge on any atom is 0.255 e. The molecule has 0 aliphatic carbocycles. The number of carbonyl (C=O) groups is 2. The third-order valence-corrected chi connectivity index (χ3v) is 5.94. The Morgan fingerprint density at radius 3 is 2.70 bits per heavy atom. The molecule has 0 fully saturated rings. The van der Waals surface area contributed by atoms with Gasteiger partial charge in [-0.3, -0.25) is 9.59 Å². The second-order valence-corrected chi connectivity index (χ2v) is 8.18. The Labute approximate surface area is 177 Å². The van der Waals surface area contributed by atoms with Crippen LogP contribution in [0.5, 0.6) is 0 Å². The van der Waals surface area contributed by atoms with Crippen LogP contribution in [0.15, 0.2) is 54.7 Å². The van der Waals surface area contributed by atoms with E-state index in [0.717, 1.165) is 41.3 Å². The zero-order valence-corrected chi connectivity index (χ0v) is 17.7. The van der Waals surface area contributed by atoms with E-state index in [0.29, 0.717) is 5.56 Å². The number of H-pyrrole nitrogens is 1. The molecular formula is C25H29N3O2. The number of unbranched alkanes of at least 4 members (excludes halogenated alkanes) is 2. The van der Waals surface area contributed by atoms with Crippen LogP contribution in [-0.2, 0) is 4.79 Å². The number of nitrogens with zero attached hydrogens (tertiary/aromatic N) is 1. The van der Waals surface area contributed by atoms with Crippen molar-refractivity contribution in [2.45, 2.75) is 51.6 Å². The molecule has 0 radical (unpaired) electrons. The summed E-state index contributed by atoms with van der Waals surface area (Å²) in [7, 11) is 0. The first kappa shape index (κ1) is 20.2. The third-order valence-electron chi connectivity index (χ3n) is 5.94. The molecule has 30 heavy (non-hydrogen) atoms. The fourth-order valence-electron chi connectivity index (χ4n) is 4.44. The molecule has 0 saturated carbocycles. The van der Waals surface area contributed by atoms with Gasteiger partial charge in [-0.05, 0) is 31.0 Å². The summed E-state index contributed by atoms with van der Waals surface area (Å²) < 4.78 is 0. The van der Waals surface area contributed by atoms with E-state index in [1.54, 1.807) is 4.90 Å². The average Bonchev–Trinajstić information content (AvgIpc) is 3.28. The standard InChI is InChI=1S/C25H29N3O2/c1-3-4-5-10-17(2)27-23(29)16-28-24(19-12-6-7-13-20(19)25(28)30)21-15-26-22-14-9-8-11-18(21)22/h6-9,11-15,17,24,26H,3-5,10,16H2,1-2H3,(H,27,29). The number of hydrogen-bond acceptors (Lipinski definition) is 2. The first-order valence-electron chi connectivity index (χ1n) is 10.9. The van der Waals surface area contributed by atoms with Crippen molar-refractivity contribution in [2.75, 3.05) is 6.54 Å². The van der Waals surface area contributed by atoms with E-state index < -0.39 is 0 Å². The molecule has 3 aromatic rings. The van der Waals surface area contributed by atoms with Crippen molar-refractivity contribution >= 4 is 22.7 Å². The van der Waals surface area contributed by atoms with Gasteiger partial charge in [-0.25, -0.2) is 0 Å². The summed E-state index contributed by atoms with van der Waals surface area (Å²) in [5.74, 6) is -0.195. The monoisotopic (exact) mass is 403 g/mol. The Kier molecular flexibility index (Phi) is 5.88. The van der Waals surface area contributed by atoms with Gasteiger partial charge in [0.15, 0.2) is 0 Å². The Bertz CT molecular complexity index is 1060. The highest BCUT2D eigenvalue weighted by molar-refractivity contribution is 6.02. The largest absolute Gasteiger partial charge is 0.361 e. The van der Waals surface area contributed by atoms with Gasteiger partial charge in [-0.15, -0.1) is 0 Å². The molecule has 4 rings (SSSR count). The molecule has 0 spiro atoms. The first-order chi connectivity index (χ1) is 14.6. The van der Waals surface area contributed by atoms with E-state index in [2.05, 4.69) is 23.3 Å². The summed E-state index contributed by atoms with van der Waals surface area (Å²) >= 11 is 0. The molecule has 2 amide bonds. The van der Waals surface area contributed by atoms with Crippen LogP contribution in [0.2, 0.25) is 0 Å². The summed E-state index contributed by atoms with van der Waals surface area (Å²) in [4.78, 5) is 31.0. The minimum atomic E-state index is -0.272. The molecule has 5 heteroatoms. The van der Waals surface area contributed by atoms with Gasteiger partial charge < -0.3 is 15.2 Å². The van der Waals surface area contributed by atoms with Gasteiger partial charge in [0, 0.05) is 34.3 Å². The predicted octanol–water partition coefficient (Wildman–Crippen LogP) is 4.80. The molecule has 5 nitrogen and oxygen atoms in total. The number of hydrogen-bond donors (Lipinski definition) is 2. The van der Waals surface area contributed by atoms with E-state index in [9.17, 15) is 9.59 Å². The van der Waals surface area contributed by atoms with Crippen molar-refractivity contribution in [1.29, 1.82) is 0 Å². The lowest BCUT2D eigenvalue weighted by atomic mass is 9.97. The van der Waals surface area contributed by atoms with Gasteiger partial charge in [-0.2, -0.15) is 0 Å². The predicted molar refractivity (Wildman–Crippen MR) is 119 cm³/mol. The number of para-hydroxylation sites is 1. The van der Waals surface area contributed by atoms with Crippen molar-refractivity contribution in [3.05, 3.63) is 71.4 Å². The highest BCUT2D eigenvalue weighted by atomic mass is 16.2. The Morgan fingerprint density at radius 2 is 1.87 bits per heavy atom. The van der Waals surface area contributed by atoms with E-state index >= 15 is 0 Å². The third kappa shape index (κ3) is 3.84. The second-order valence-electron chi connectivity index (χ2n) is 8.18. The van der Waals surface area contributed by atoms with E-state index in [1.165, 1.54) is 6.42 Å². The summed E-state index contributed by atoms with van der Waals surface area (Å²) in [5.41, 5.74) is 3.68. The molecule has 0 bridgehead atoms. The van der Waals surface area contributed by atoms with Crippen LogP contribution in [0.1, 0.15) is 67.1 Å². The molecular weight excluding hydrogens is 374 g/mol. The number of amides is 2. The van der Waals surface area contributed by atoms with Crippen LogP contribution in [0.4, 0.5) is 0 Å². The van der Waals surface area contributed by atoms with Gasteiger partial charge in [0.25, 0.3) is 5.91 Å². The highest BCUT2D eigenvalue weighted by Crippen LogP contribution is 2.40. The van der Waals surface area contributed by atoms with Crippen molar-refractivity contribution in [3.63, 3.8) is 0 Å². The average molecular weight is 404 g/mol. The molecule has 156 valence electrons. The maximum atomic E-state index is 13.2. The van der Waals surface area contributed by atoms with Crippen molar-refractivity contribution in [3.8, 4) is 0 Å².